The average Bonchev–Trinajstić information content (AvgIpc) is 2.97. The highest BCUT2D eigenvalue weighted by atomic mass is 35.5. The molecule has 0 fully saturated rings. The van der Waals surface area contributed by atoms with Crippen molar-refractivity contribution in [1.82, 2.24) is 4.98 Å². The molecule has 118 valence electrons. The van der Waals surface area contributed by atoms with Gasteiger partial charge >= 0.3 is 0 Å². The van der Waals surface area contributed by atoms with Crippen molar-refractivity contribution >= 4 is 11.6 Å². The lowest BCUT2D eigenvalue weighted by molar-refractivity contribution is 0.110. The summed E-state index contributed by atoms with van der Waals surface area (Å²) < 4.78 is 11.4. The SMILES string of the molecule is Cc1oc(-c2ccccc2)nc1CCOC(Cl)c1ccccc1. The van der Waals surface area contributed by atoms with Gasteiger partial charge in [0, 0.05) is 12.0 Å². The molecule has 4 heteroatoms. The summed E-state index contributed by atoms with van der Waals surface area (Å²) in [7, 11) is 0. The highest BCUT2D eigenvalue weighted by Crippen LogP contribution is 2.24. The highest BCUT2D eigenvalue weighted by Gasteiger charge is 2.12. The van der Waals surface area contributed by atoms with Crippen molar-refractivity contribution in [3.05, 3.63) is 77.7 Å². The Bertz CT molecular complexity index is 741. The number of hydrogen-bond acceptors (Lipinski definition) is 3. The van der Waals surface area contributed by atoms with Crippen molar-refractivity contribution < 1.29 is 9.15 Å². The molecule has 1 atom stereocenters. The van der Waals surface area contributed by atoms with Gasteiger partial charge < -0.3 is 9.15 Å². The summed E-state index contributed by atoms with van der Waals surface area (Å²) in [5, 5.41) is 0. The number of nitrogens with zero attached hydrogens (tertiary/aromatic N) is 1. The number of halogens is 1. The van der Waals surface area contributed by atoms with Gasteiger partial charge in [0.15, 0.2) is 5.56 Å². The van der Waals surface area contributed by atoms with Crippen LogP contribution >= 0.6 is 11.6 Å². The third kappa shape index (κ3) is 4.01. The molecule has 23 heavy (non-hydrogen) atoms. The van der Waals surface area contributed by atoms with Crippen LogP contribution in [0.3, 0.4) is 0 Å². The van der Waals surface area contributed by atoms with Gasteiger partial charge in [-0.25, -0.2) is 4.98 Å². The lowest BCUT2D eigenvalue weighted by Gasteiger charge is -2.10. The first kappa shape index (κ1) is 15.8. The van der Waals surface area contributed by atoms with Crippen molar-refractivity contribution in [2.24, 2.45) is 0 Å². The smallest absolute Gasteiger partial charge is 0.226 e. The van der Waals surface area contributed by atoms with Gasteiger partial charge in [-0.05, 0) is 24.6 Å². The van der Waals surface area contributed by atoms with E-state index in [2.05, 4.69) is 4.98 Å². The van der Waals surface area contributed by atoms with E-state index in [1.54, 1.807) is 0 Å². The zero-order valence-corrected chi connectivity index (χ0v) is 13.7. The Hall–Kier alpha value is -2.10. The maximum absolute atomic E-state index is 6.25. The van der Waals surface area contributed by atoms with E-state index in [1.165, 1.54) is 0 Å². The van der Waals surface area contributed by atoms with Crippen LogP contribution in [0.4, 0.5) is 0 Å². The van der Waals surface area contributed by atoms with E-state index in [9.17, 15) is 0 Å². The number of hydrogen-bond donors (Lipinski definition) is 0. The Morgan fingerprint density at radius 2 is 1.70 bits per heavy atom. The predicted molar refractivity (Wildman–Crippen MR) is 91.4 cm³/mol. The molecule has 1 unspecified atom stereocenters. The fraction of sp³-hybridized carbons (Fsp3) is 0.211. The van der Waals surface area contributed by atoms with Gasteiger partial charge in [-0.3, -0.25) is 0 Å². The van der Waals surface area contributed by atoms with Crippen LogP contribution in [0, 0.1) is 6.92 Å². The van der Waals surface area contributed by atoms with E-state index in [0.717, 1.165) is 22.6 Å². The minimum absolute atomic E-state index is 0.447. The van der Waals surface area contributed by atoms with Crippen molar-refractivity contribution in [2.45, 2.75) is 18.9 Å². The van der Waals surface area contributed by atoms with Crippen molar-refractivity contribution in [1.29, 1.82) is 0 Å². The minimum atomic E-state index is -0.447. The zero-order valence-electron chi connectivity index (χ0n) is 12.9. The zero-order chi connectivity index (χ0) is 16.1. The maximum atomic E-state index is 6.25. The van der Waals surface area contributed by atoms with Gasteiger partial charge in [-0.15, -0.1) is 0 Å². The lowest BCUT2D eigenvalue weighted by Crippen LogP contribution is -2.03. The number of aromatic nitrogens is 1. The second kappa shape index (κ2) is 7.44. The van der Waals surface area contributed by atoms with Crippen LogP contribution in [0.1, 0.15) is 22.6 Å². The van der Waals surface area contributed by atoms with E-state index < -0.39 is 5.56 Å². The van der Waals surface area contributed by atoms with Crippen LogP contribution in [0.15, 0.2) is 65.1 Å². The van der Waals surface area contributed by atoms with E-state index in [0.29, 0.717) is 18.9 Å². The van der Waals surface area contributed by atoms with Crippen LogP contribution in [0.5, 0.6) is 0 Å². The minimum Gasteiger partial charge on any atom is -0.441 e. The molecule has 0 aliphatic heterocycles. The van der Waals surface area contributed by atoms with Gasteiger partial charge in [-0.1, -0.05) is 60.1 Å². The standard InChI is InChI=1S/C19H18ClNO2/c1-14-17(21-19(23-14)16-10-6-3-7-11-16)12-13-22-18(20)15-8-4-2-5-9-15/h2-11,18H,12-13H2,1H3. The molecule has 1 aromatic heterocycles. The topological polar surface area (TPSA) is 35.3 Å². The molecule has 0 bridgehead atoms. The summed E-state index contributed by atoms with van der Waals surface area (Å²) in [6, 6.07) is 19.6. The quantitative estimate of drug-likeness (QED) is 0.587. The van der Waals surface area contributed by atoms with E-state index in [-0.39, 0.29) is 0 Å². The first-order valence-corrected chi connectivity index (χ1v) is 8.00. The number of benzene rings is 2. The number of alkyl halides is 1. The summed E-state index contributed by atoms with van der Waals surface area (Å²) in [6.45, 7) is 2.41. The third-order valence-corrected chi connectivity index (χ3v) is 3.96. The van der Waals surface area contributed by atoms with Crippen LogP contribution in [0.2, 0.25) is 0 Å². The maximum Gasteiger partial charge on any atom is 0.226 e. The fourth-order valence-electron chi connectivity index (χ4n) is 2.32. The summed E-state index contributed by atoms with van der Waals surface area (Å²) in [6.07, 6.45) is 0.665. The molecule has 0 aliphatic carbocycles. The van der Waals surface area contributed by atoms with Crippen LogP contribution in [-0.2, 0) is 11.2 Å². The van der Waals surface area contributed by atoms with Gasteiger partial charge in [-0.2, -0.15) is 0 Å². The largest absolute Gasteiger partial charge is 0.441 e. The molecule has 3 nitrogen and oxygen atoms in total. The molecule has 0 radical (unpaired) electrons. The first-order valence-electron chi connectivity index (χ1n) is 7.56. The molecule has 0 aliphatic rings. The molecule has 1 heterocycles. The molecule has 3 aromatic rings. The number of aryl methyl sites for hydroxylation is 1. The Morgan fingerprint density at radius 3 is 2.39 bits per heavy atom. The van der Waals surface area contributed by atoms with Gasteiger partial charge in [0.1, 0.15) is 5.76 Å². The molecular weight excluding hydrogens is 310 g/mol. The molecule has 0 spiro atoms. The Labute approximate surface area is 140 Å². The molecule has 0 saturated heterocycles. The monoisotopic (exact) mass is 327 g/mol. The van der Waals surface area contributed by atoms with Crippen molar-refractivity contribution in [2.75, 3.05) is 6.61 Å². The number of rotatable bonds is 6. The van der Waals surface area contributed by atoms with Crippen LogP contribution < -0.4 is 0 Å². The predicted octanol–water partition coefficient (Wildman–Crippen LogP) is 5.15. The number of ether oxygens (including phenoxy) is 1. The molecule has 2 aromatic carbocycles. The highest BCUT2D eigenvalue weighted by molar-refractivity contribution is 6.19. The molecule has 0 amide bonds. The summed E-state index contributed by atoms with van der Waals surface area (Å²) in [5.74, 6) is 1.46. The van der Waals surface area contributed by atoms with Gasteiger partial charge in [0.25, 0.3) is 0 Å². The molecule has 3 rings (SSSR count). The fourth-order valence-corrected chi connectivity index (χ4v) is 2.56. The second-order valence-corrected chi connectivity index (χ2v) is 5.63. The Balaban J connectivity index is 1.60. The van der Waals surface area contributed by atoms with Crippen molar-refractivity contribution in [3.63, 3.8) is 0 Å². The van der Waals surface area contributed by atoms with Crippen LogP contribution in [-0.4, -0.2) is 11.6 Å². The van der Waals surface area contributed by atoms with Gasteiger partial charge in [0.2, 0.25) is 5.89 Å². The van der Waals surface area contributed by atoms with Gasteiger partial charge in [0.05, 0.1) is 12.3 Å². The Kier molecular flexibility index (Phi) is 5.11. The average molecular weight is 328 g/mol. The summed E-state index contributed by atoms with van der Waals surface area (Å²) >= 11 is 6.25. The Morgan fingerprint density at radius 1 is 1.04 bits per heavy atom. The van der Waals surface area contributed by atoms with Crippen molar-refractivity contribution in [3.8, 4) is 11.5 Å². The normalized spacial score (nSPS) is 12.3. The van der Waals surface area contributed by atoms with E-state index >= 15 is 0 Å². The lowest BCUT2D eigenvalue weighted by atomic mass is 10.2. The number of oxazole rings is 1. The summed E-state index contributed by atoms with van der Waals surface area (Å²) in [4.78, 5) is 4.56. The summed E-state index contributed by atoms with van der Waals surface area (Å²) in [5.41, 5.74) is 2.39. The van der Waals surface area contributed by atoms with E-state index in [1.807, 2.05) is 67.6 Å². The molecule has 0 saturated carbocycles. The van der Waals surface area contributed by atoms with Crippen LogP contribution in [0.25, 0.3) is 11.5 Å². The molecular formula is C19H18ClNO2. The second-order valence-electron chi connectivity index (χ2n) is 5.24. The first-order chi connectivity index (χ1) is 11.2. The third-order valence-electron chi connectivity index (χ3n) is 3.58. The molecule has 0 N–H and O–H groups in total. The van der Waals surface area contributed by atoms with E-state index in [4.69, 9.17) is 20.8 Å².